The number of carbonyl (C=O) groups excluding carboxylic acids is 1. The Bertz CT molecular complexity index is 815. The molecule has 22 heavy (non-hydrogen) atoms. The molecule has 0 saturated carbocycles. The number of rotatable bonds is 4. The molecule has 6 heteroatoms. The molecule has 0 aliphatic carbocycles. The summed E-state index contributed by atoms with van der Waals surface area (Å²) in [7, 11) is 0. The SMILES string of the molecule is CCC(NC(=O)c1ccc2[nH]ncc2c1)c1cncc(Br)c1. The highest BCUT2D eigenvalue weighted by Crippen LogP contribution is 2.20. The lowest BCUT2D eigenvalue weighted by Crippen LogP contribution is -2.28. The number of pyridine rings is 1. The number of hydrogen-bond donors (Lipinski definition) is 2. The van der Waals surface area contributed by atoms with E-state index in [0.717, 1.165) is 27.4 Å². The number of halogens is 1. The minimum atomic E-state index is -0.102. The second-order valence-electron chi connectivity index (χ2n) is 5.04. The molecule has 5 nitrogen and oxygen atoms in total. The van der Waals surface area contributed by atoms with Crippen molar-refractivity contribution in [3.05, 3.63) is 58.5 Å². The topological polar surface area (TPSA) is 70.7 Å². The van der Waals surface area contributed by atoms with Gasteiger partial charge >= 0.3 is 0 Å². The third-order valence-corrected chi connectivity index (χ3v) is 3.98. The minimum Gasteiger partial charge on any atom is -0.345 e. The molecule has 112 valence electrons. The lowest BCUT2D eigenvalue weighted by atomic mass is 10.1. The van der Waals surface area contributed by atoms with Gasteiger partial charge in [0.15, 0.2) is 0 Å². The van der Waals surface area contributed by atoms with Crippen LogP contribution in [-0.4, -0.2) is 21.1 Å². The van der Waals surface area contributed by atoms with Crippen molar-refractivity contribution in [3.63, 3.8) is 0 Å². The monoisotopic (exact) mass is 358 g/mol. The van der Waals surface area contributed by atoms with Crippen LogP contribution in [0.5, 0.6) is 0 Å². The molecule has 1 atom stereocenters. The van der Waals surface area contributed by atoms with Gasteiger partial charge in [-0.15, -0.1) is 0 Å². The Balaban J connectivity index is 1.82. The summed E-state index contributed by atoms with van der Waals surface area (Å²) in [5.41, 5.74) is 2.52. The molecule has 0 radical (unpaired) electrons. The molecule has 2 N–H and O–H groups in total. The van der Waals surface area contributed by atoms with E-state index in [2.05, 4.69) is 36.4 Å². The fourth-order valence-electron chi connectivity index (χ4n) is 2.37. The molecule has 3 rings (SSSR count). The first-order valence-electron chi connectivity index (χ1n) is 7.02. The number of aromatic amines is 1. The maximum atomic E-state index is 12.5. The first-order chi connectivity index (χ1) is 10.7. The van der Waals surface area contributed by atoms with Crippen molar-refractivity contribution in [2.24, 2.45) is 0 Å². The second-order valence-corrected chi connectivity index (χ2v) is 5.96. The highest BCUT2D eigenvalue weighted by molar-refractivity contribution is 9.10. The van der Waals surface area contributed by atoms with Gasteiger partial charge in [0.05, 0.1) is 17.8 Å². The van der Waals surface area contributed by atoms with Gasteiger partial charge in [0.1, 0.15) is 0 Å². The van der Waals surface area contributed by atoms with Crippen LogP contribution in [0.3, 0.4) is 0 Å². The number of aromatic nitrogens is 3. The van der Waals surface area contributed by atoms with Gasteiger partial charge in [-0.3, -0.25) is 14.9 Å². The first-order valence-corrected chi connectivity index (χ1v) is 7.81. The number of nitrogens with zero attached hydrogens (tertiary/aromatic N) is 2. The molecule has 0 bridgehead atoms. The predicted molar refractivity (Wildman–Crippen MR) is 88.5 cm³/mol. The van der Waals surface area contributed by atoms with Crippen molar-refractivity contribution in [2.75, 3.05) is 0 Å². The number of hydrogen-bond acceptors (Lipinski definition) is 3. The molecular weight excluding hydrogens is 344 g/mol. The molecule has 0 saturated heterocycles. The van der Waals surface area contributed by atoms with Gasteiger partial charge in [-0.25, -0.2) is 0 Å². The fourth-order valence-corrected chi connectivity index (χ4v) is 2.75. The quantitative estimate of drug-likeness (QED) is 0.748. The largest absolute Gasteiger partial charge is 0.345 e. The summed E-state index contributed by atoms with van der Waals surface area (Å²) in [6.07, 6.45) is 6.00. The molecular formula is C16H15BrN4O. The van der Waals surface area contributed by atoms with Crippen LogP contribution in [0.4, 0.5) is 0 Å². The van der Waals surface area contributed by atoms with Crippen molar-refractivity contribution in [1.29, 1.82) is 0 Å². The third kappa shape index (κ3) is 3.01. The van der Waals surface area contributed by atoms with Crippen LogP contribution in [-0.2, 0) is 0 Å². The molecule has 3 aromatic rings. The van der Waals surface area contributed by atoms with Gasteiger partial charge in [-0.1, -0.05) is 6.92 Å². The normalized spacial score (nSPS) is 12.3. The van der Waals surface area contributed by atoms with Crippen molar-refractivity contribution in [3.8, 4) is 0 Å². The number of carbonyl (C=O) groups is 1. The smallest absolute Gasteiger partial charge is 0.251 e. The van der Waals surface area contributed by atoms with E-state index in [9.17, 15) is 4.79 Å². The van der Waals surface area contributed by atoms with Gasteiger partial charge in [-0.05, 0) is 52.2 Å². The molecule has 0 spiro atoms. The molecule has 0 aliphatic rings. The fraction of sp³-hybridized carbons (Fsp3) is 0.188. The van der Waals surface area contributed by atoms with Crippen LogP contribution >= 0.6 is 15.9 Å². The summed E-state index contributed by atoms with van der Waals surface area (Å²) in [5, 5.41) is 10.8. The van der Waals surface area contributed by atoms with E-state index in [4.69, 9.17) is 0 Å². The summed E-state index contributed by atoms with van der Waals surface area (Å²) >= 11 is 3.41. The Morgan fingerprint density at radius 3 is 2.95 bits per heavy atom. The summed E-state index contributed by atoms with van der Waals surface area (Å²) in [5.74, 6) is -0.102. The molecule has 1 aromatic carbocycles. The van der Waals surface area contributed by atoms with E-state index >= 15 is 0 Å². The van der Waals surface area contributed by atoms with Gasteiger partial charge in [0.25, 0.3) is 5.91 Å². The Morgan fingerprint density at radius 1 is 1.32 bits per heavy atom. The van der Waals surface area contributed by atoms with Crippen molar-refractivity contribution in [2.45, 2.75) is 19.4 Å². The van der Waals surface area contributed by atoms with E-state index in [1.807, 2.05) is 25.1 Å². The number of nitrogens with one attached hydrogen (secondary N) is 2. The lowest BCUT2D eigenvalue weighted by molar-refractivity contribution is 0.0935. The Hall–Kier alpha value is -2.21. The predicted octanol–water partition coefficient (Wildman–Crippen LogP) is 3.60. The molecule has 0 aliphatic heterocycles. The maximum Gasteiger partial charge on any atom is 0.251 e. The zero-order chi connectivity index (χ0) is 15.5. The van der Waals surface area contributed by atoms with E-state index in [1.54, 1.807) is 24.7 Å². The minimum absolute atomic E-state index is 0.0717. The number of amides is 1. The molecule has 0 fully saturated rings. The third-order valence-electron chi connectivity index (χ3n) is 3.54. The van der Waals surface area contributed by atoms with E-state index in [1.165, 1.54) is 0 Å². The van der Waals surface area contributed by atoms with E-state index < -0.39 is 0 Å². The highest BCUT2D eigenvalue weighted by Gasteiger charge is 2.15. The average Bonchev–Trinajstić information content (AvgIpc) is 2.99. The van der Waals surface area contributed by atoms with Crippen LogP contribution in [0.25, 0.3) is 10.9 Å². The number of H-pyrrole nitrogens is 1. The van der Waals surface area contributed by atoms with E-state index in [-0.39, 0.29) is 11.9 Å². The van der Waals surface area contributed by atoms with Gasteiger partial charge in [0.2, 0.25) is 0 Å². The van der Waals surface area contributed by atoms with Crippen molar-refractivity contribution in [1.82, 2.24) is 20.5 Å². The van der Waals surface area contributed by atoms with Crippen LogP contribution in [0.15, 0.2) is 47.3 Å². The lowest BCUT2D eigenvalue weighted by Gasteiger charge is -2.17. The first kappa shape index (κ1) is 14.7. The zero-order valence-electron chi connectivity index (χ0n) is 12.0. The van der Waals surface area contributed by atoms with Crippen molar-refractivity contribution < 1.29 is 4.79 Å². The Morgan fingerprint density at radius 2 is 2.18 bits per heavy atom. The van der Waals surface area contributed by atoms with E-state index in [0.29, 0.717) is 5.56 Å². The molecule has 2 heterocycles. The summed E-state index contributed by atoms with van der Waals surface area (Å²) in [6, 6.07) is 7.39. The van der Waals surface area contributed by atoms with Crippen LogP contribution in [0.1, 0.15) is 35.3 Å². The summed E-state index contributed by atoms with van der Waals surface area (Å²) < 4.78 is 0.900. The van der Waals surface area contributed by atoms with Crippen LogP contribution in [0.2, 0.25) is 0 Å². The Kier molecular flexibility index (Phi) is 4.20. The highest BCUT2D eigenvalue weighted by atomic mass is 79.9. The average molecular weight is 359 g/mol. The maximum absolute atomic E-state index is 12.5. The number of benzene rings is 1. The van der Waals surface area contributed by atoms with Gasteiger partial charge in [-0.2, -0.15) is 5.10 Å². The second kappa shape index (κ2) is 6.27. The zero-order valence-corrected chi connectivity index (χ0v) is 13.6. The summed E-state index contributed by atoms with van der Waals surface area (Å²) in [4.78, 5) is 16.6. The Labute approximate surface area is 136 Å². The summed E-state index contributed by atoms with van der Waals surface area (Å²) in [6.45, 7) is 2.03. The standard InChI is InChI=1S/C16H15BrN4O/c1-2-14(12-6-13(17)9-18-7-12)20-16(22)10-3-4-15-11(5-10)8-19-21-15/h3-9,14H,2H2,1H3,(H,19,21)(H,20,22). The molecule has 1 unspecified atom stereocenters. The molecule has 1 amide bonds. The van der Waals surface area contributed by atoms with Crippen LogP contribution in [0, 0.1) is 0 Å². The van der Waals surface area contributed by atoms with Gasteiger partial charge in [0, 0.05) is 27.8 Å². The van der Waals surface area contributed by atoms with Crippen molar-refractivity contribution >= 4 is 32.7 Å². The van der Waals surface area contributed by atoms with Crippen LogP contribution < -0.4 is 5.32 Å². The van der Waals surface area contributed by atoms with Gasteiger partial charge < -0.3 is 5.32 Å². The number of fused-ring (bicyclic) bond motifs is 1. The molecule has 2 aromatic heterocycles.